The lowest BCUT2D eigenvalue weighted by Gasteiger charge is -2.17. The third kappa shape index (κ3) is 5.51. The minimum Gasteiger partial charge on any atom is -0.459 e. The van der Waals surface area contributed by atoms with Gasteiger partial charge in [0.2, 0.25) is 5.91 Å². The number of nitrogens with one attached hydrogen (secondary N) is 2. The molecule has 1 unspecified atom stereocenters. The van der Waals surface area contributed by atoms with E-state index < -0.39 is 29.6 Å². The molecule has 4 N–H and O–H groups in total. The highest BCUT2D eigenvalue weighted by atomic mass is 16.6. The number of aromatic amines is 1. The molecule has 2 rings (SSSR count). The Labute approximate surface area is 156 Å². The second kappa shape index (κ2) is 9.47. The molecule has 2 heterocycles. The number of H-pyrrole nitrogens is 1. The summed E-state index contributed by atoms with van der Waals surface area (Å²) in [6.07, 6.45) is 0.741. The summed E-state index contributed by atoms with van der Waals surface area (Å²) in [5.41, 5.74) is 4.66. The second-order valence-corrected chi connectivity index (χ2v) is 6.42. The summed E-state index contributed by atoms with van der Waals surface area (Å²) in [5.74, 6) is -0.768. The van der Waals surface area contributed by atoms with E-state index in [0.29, 0.717) is 25.1 Å². The average molecular weight is 382 g/mol. The van der Waals surface area contributed by atoms with Gasteiger partial charge in [-0.25, -0.2) is 4.79 Å². The van der Waals surface area contributed by atoms with Crippen molar-refractivity contribution in [3.05, 3.63) is 32.6 Å². The van der Waals surface area contributed by atoms with Gasteiger partial charge < -0.3 is 20.5 Å². The molecule has 1 amide bonds. The number of nitrogens with two attached hydrogens (primary N) is 1. The van der Waals surface area contributed by atoms with Crippen molar-refractivity contribution in [1.82, 2.24) is 14.9 Å². The van der Waals surface area contributed by atoms with Crippen LogP contribution in [0.2, 0.25) is 0 Å². The molecule has 0 bridgehead atoms. The summed E-state index contributed by atoms with van der Waals surface area (Å²) in [6, 6.07) is 0. The van der Waals surface area contributed by atoms with Gasteiger partial charge in [0.15, 0.2) is 0 Å². The van der Waals surface area contributed by atoms with Crippen LogP contribution in [0.1, 0.15) is 44.4 Å². The summed E-state index contributed by atoms with van der Waals surface area (Å²) in [7, 11) is 0. The van der Waals surface area contributed by atoms with Crippen LogP contribution in [0.5, 0.6) is 0 Å². The number of aryl methyl sites for hydroxylation is 1. The van der Waals surface area contributed by atoms with E-state index in [4.69, 9.17) is 15.2 Å². The smallest absolute Gasteiger partial charge is 0.330 e. The van der Waals surface area contributed by atoms with Crippen molar-refractivity contribution in [3.63, 3.8) is 0 Å². The summed E-state index contributed by atoms with van der Waals surface area (Å²) >= 11 is 0. The number of hydrogen-bond donors (Lipinski definition) is 3. The van der Waals surface area contributed by atoms with Gasteiger partial charge in [0.1, 0.15) is 12.3 Å². The van der Waals surface area contributed by atoms with Crippen LogP contribution in [0.3, 0.4) is 0 Å². The second-order valence-electron chi connectivity index (χ2n) is 6.42. The fraction of sp³-hybridized carbons (Fsp3) is 0.647. The summed E-state index contributed by atoms with van der Waals surface area (Å²) in [4.78, 5) is 49.4. The van der Waals surface area contributed by atoms with E-state index in [1.54, 1.807) is 6.92 Å². The predicted molar refractivity (Wildman–Crippen MR) is 96.1 cm³/mol. The Bertz CT molecular complexity index is 786. The topological polar surface area (TPSA) is 146 Å². The Kier molecular flexibility index (Phi) is 7.31. The standard InChI is InChI=1S/C17H26N4O6/c1-3-11-12(27-15(23)5-4-13(22)19-7-6-18)8-14(26-11)21-9-10(2)16(24)20-17(21)25/h9,11-12,14H,3-8,18H2,1-2H3,(H,19,22)(H,20,24,25)/t11-,12?,14-/m1/s1. The van der Waals surface area contributed by atoms with E-state index in [0.717, 1.165) is 0 Å². The molecule has 1 aliphatic rings. The highest BCUT2D eigenvalue weighted by Crippen LogP contribution is 2.31. The van der Waals surface area contributed by atoms with Crippen LogP contribution in [0.15, 0.2) is 15.8 Å². The molecule has 27 heavy (non-hydrogen) atoms. The van der Waals surface area contributed by atoms with Gasteiger partial charge >= 0.3 is 11.7 Å². The lowest BCUT2D eigenvalue weighted by Crippen LogP contribution is -2.33. The molecule has 1 aromatic heterocycles. The molecule has 1 fully saturated rings. The molecule has 3 atom stereocenters. The summed E-state index contributed by atoms with van der Waals surface area (Å²) < 4.78 is 12.6. The van der Waals surface area contributed by atoms with Crippen LogP contribution in [0.4, 0.5) is 0 Å². The normalized spacial score (nSPS) is 21.8. The largest absolute Gasteiger partial charge is 0.459 e. The van der Waals surface area contributed by atoms with Crippen LogP contribution in [0, 0.1) is 6.92 Å². The average Bonchev–Trinajstić information content (AvgIpc) is 3.03. The molecule has 10 nitrogen and oxygen atoms in total. The van der Waals surface area contributed by atoms with Gasteiger partial charge in [0.25, 0.3) is 5.56 Å². The van der Waals surface area contributed by atoms with Gasteiger partial charge in [-0.2, -0.15) is 0 Å². The SMILES string of the molecule is CC[C@H]1O[C@@H](n2cc(C)c(=O)[nH]c2=O)CC1OC(=O)CCC(=O)NCCN. The van der Waals surface area contributed by atoms with Gasteiger partial charge in [-0.1, -0.05) is 6.92 Å². The van der Waals surface area contributed by atoms with Crippen molar-refractivity contribution in [3.8, 4) is 0 Å². The maximum absolute atomic E-state index is 12.0. The summed E-state index contributed by atoms with van der Waals surface area (Å²) in [6.45, 7) is 4.17. The molecule has 150 valence electrons. The first-order valence-corrected chi connectivity index (χ1v) is 8.99. The molecule has 0 aromatic carbocycles. The van der Waals surface area contributed by atoms with Crippen molar-refractivity contribution < 1.29 is 19.1 Å². The minimum atomic E-state index is -0.636. The fourth-order valence-electron chi connectivity index (χ4n) is 2.90. The maximum Gasteiger partial charge on any atom is 0.330 e. The zero-order valence-corrected chi connectivity index (χ0v) is 15.5. The highest BCUT2D eigenvalue weighted by molar-refractivity contribution is 5.81. The molecule has 0 aliphatic carbocycles. The first-order chi connectivity index (χ1) is 12.8. The molecule has 1 aromatic rings. The maximum atomic E-state index is 12.0. The fourth-order valence-corrected chi connectivity index (χ4v) is 2.90. The van der Waals surface area contributed by atoms with E-state index >= 15 is 0 Å². The van der Waals surface area contributed by atoms with Gasteiger partial charge in [0.05, 0.1) is 12.5 Å². The molecule has 10 heteroatoms. The van der Waals surface area contributed by atoms with Gasteiger partial charge in [-0.3, -0.25) is 23.9 Å². The highest BCUT2D eigenvalue weighted by Gasteiger charge is 2.38. The quantitative estimate of drug-likeness (QED) is 0.504. The molecule has 0 saturated carbocycles. The Morgan fingerprint density at radius 2 is 2.15 bits per heavy atom. The molecular weight excluding hydrogens is 356 g/mol. The third-order valence-electron chi connectivity index (χ3n) is 4.34. The van der Waals surface area contributed by atoms with Crippen molar-refractivity contribution in [2.75, 3.05) is 13.1 Å². The number of ether oxygens (including phenoxy) is 2. The van der Waals surface area contributed by atoms with Crippen molar-refractivity contribution in [2.45, 2.75) is 58.0 Å². The number of aromatic nitrogens is 2. The van der Waals surface area contributed by atoms with E-state index in [9.17, 15) is 19.2 Å². The number of carbonyl (C=O) groups is 2. The van der Waals surface area contributed by atoms with E-state index in [1.165, 1.54) is 10.8 Å². The minimum absolute atomic E-state index is 0.0191. The van der Waals surface area contributed by atoms with Crippen LogP contribution < -0.4 is 22.3 Å². The monoisotopic (exact) mass is 382 g/mol. The zero-order chi connectivity index (χ0) is 20.0. The lowest BCUT2D eigenvalue weighted by atomic mass is 10.1. The first kappa shape index (κ1) is 20.8. The van der Waals surface area contributed by atoms with E-state index in [2.05, 4.69) is 10.3 Å². The number of rotatable bonds is 8. The lowest BCUT2D eigenvalue weighted by molar-refractivity contribution is -0.153. The van der Waals surface area contributed by atoms with Crippen LogP contribution in [0.25, 0.3) is 0 Å². The zero-order valence-electron chi connectivity index (χ0n) is 15.5. The number of hydrogen-bond acceptors (Lipinski definition) is 7. The van der Waals surface area contributed by atoms with Crippen molar-refractivity contribution in [2.24, 2.45) is 5.73 Å². The van der Waals surface area contributed by atoms with Crippen LogP contribution >= 0.6 is 0 Å². The van der Waals surface area contributed by atoms with Crippen molar-refractivity contribution >= 4 is 11.9 Å². The Hall–Kier alpha value is -2.46. The first-order valence-electron chi connectivity index (χ1n) is 8.99. The van der Waals surface area contributed by atoms with Gasteiger partial charge in [-0.05, 0) is 13.3 Å². The van der Waals surface area contributed by atoms with E-state index in [-0.39, 0.29) is 31.3 Å². The third-order valence-corrected chi connectivity index (χ3v) is 4.34. The number of carbonyl (C=O) groups excluding carboxylic acids is 2. The van der Waals surface area contributed by atoms with Crippen molar-refractivity contribution in [1.29, 1.82) is 0 Å². The molecular formula is C17H26N4O6. The van der Waals surface area contributed by atoms with Crippen LogP contribution in [-0.2, 0) is 19.1 Å². The number of esters is 1. The Balaban J connectivity index is 1.97. The Morgan fingerprint density at radius 1 is 1.41 bits per heavy atom. The molecule has 1 saturated heterocycles. The Morgan fingerprint density at radius 3 is 2.81 bits per heavy atom. The molecule has 1 aliphatic heterocycles. The summed E-state index contributed by atoms with van der Waals surface area (Å²) in [5, 5.41) is 2.58. The molecule has 0 spiro atoms. The van der Waals surface area contributed by atoms with Crippen LogP contribution in [-0.4, -0.2) is 46.7 Å². The number of nitrogens with zero attached hydrogens (tertiary/aromatic N) is 1. The number of amides is 1. The van der Waals surface area contributed by atoms with Gasteiger partial charge in [0, 0.05) is 37.7 Å². The molecule has 0 radical (unpaired) electrons. The van der Waals surface area contributed by atoms with Gasteiger partial charge in [-0.15, -0.1) is 0 Å². The van der Waals surface area contributed by atoms with E-state index in [1.807, 2.05) is 6.92 Å². The predicted octanol–water partition coefficient (Wildman–Crippen LogP) is -0.691.